The molecule has 0 aliphatic carbocycles. The summed E-state index contributed by atoms with van der Waals surface area (Å²) in [4.78, 5) is 23.2. The van der Waals surface area contributed by atoms with Crippen LogP contribution in [0.2, 0.25) is 0 Å². The second kappa shape index (κ2) is 11.0. The summed E-state index contributed by atoms with van der Waals surface area (Å²) in [5.41, 5.74) is 8.98. The van der Waals surface area contributed by atoms with Gasteiger partial charge in [-0.05, 0) is 90.4 Å². The lowest BCUT2D eigenvalue weighted by Gasteiger charge is -2.17. The second-order valence-corrected chi connectivity index (χ2v) is 9.91. The van der Waals surface area contributed by atoms with E-state index in [2.05, 4.69) is 48.7 Å². The van der Waals surface area contributed by atoms with Crippen LogP contribution in [0.15, 0.2) is 54.6 Å². The first-order chi connectivity index (χ1) is 16.9. The van der Waals surface area contributed by atoms with Crippen LogP contribution in [0.1, 0.15) is 27.8 Å². The average molecular weight is 491 g/mol. The highest BCUT2D eigenvalue weighted by molar-refractivity contribution is 8.15. The fraction of sp³-hybridized carbons (Fsp3) is 0.286. The molecule has 1 saturated heterocycles. The molecule has 0 bridgehead atoms. The van der Waals surface area contributed by atoms with Gasteiger partial charge in [0.25, 0.3) is 5.24 Å². The third-order valence-corrected chi connectivity index (χ3v) is 7.21. The molecule has 3 aromatic carbocycles. The second-order valence-electron chi connectivity index (χ2n) is 8.73. The highest BCUT2D eigenvalue weighted by Gasteiger charge is 2.31. The largest absolute Gasteiger partial charge is 0.491 e. The Labute approximate surface area is 210 Å². The van der Waals surface area contributed by atoms with Gasteiger partial charge >= 0.3 is 0 Å². The molecule has 0 aromatic heterocycles. The number of ether oxygens (including phenoxy) is 1. The van der Waals surface area contributed by atoms with Crippen molar-refractivity contribution >= 4 is 28.6 Å². The van der Waals surface area contributed by atoms with E-state index in [1.165, 1.54) is 22.3 Å². The number of aliphatic hydroxyl groups excluding tert-OH is 1. The van der Waals surface area contributed by atoms with E-state index < -0.39 is 0 Å². The molecule has 1 atom stereocenters. The van der Waals surface area contributed by atoms with Gasteiger partial charge in [0.2, 0.25) is 5.91 Å². The van der Waals surface area contributed by atoms with Crippen LogP contribution < -0.4 is 15.4 Å². The molecule has 7 heteroatoms. The van der Waals surface area contributed by atoms with E-state index in [0.717, 1.165) is 39.9 Å². The van der Waals surface area contributed by atoms with Gasteiger partial charge < -0.3 is 15.2 Å². The Morgan fingerprint density at radius 3 is 2.46 bits per heavy atom. The Kier molecular flexibility index (Phi) is 7.78. The number of amides is 2. The number of hydrogen-bond acceptors (Lipinski definition) is 6. The molecule has 2 amide bonds. The van der Waals surface area contributed by atoms with E-state index in [9.17, 15) is 9.59 Å². The first-order valence-corrected chi connectivity index (χ1v) is 12.5. The van der Waals surface area contributed by atoms with Gasteiger partial charge in [-0.1, -0.05) is 42.1 Å². The van der Waals surface area contributed by atoms with Crippen molar-refractivity contribution in [1.82, 2.24) is 5.32 Å². The van der Waals surface area contributed by atoms with E-state index in [1.54, 1.807) is 0 Å². The zero-order valence-corrected chi connectivity index (χ0v) is 21.0. The van der Waals surface area contributed by atoms with Crippen molar-refractivity contribution in [3.8, 4) is 16.9 Å². The van der Waals surface area contributed by atoms with Gasteiger partial charge in [-0.3, -0.25) is 14.9 Å². The van der Waals surface area contributed by atoms with Crippen molar-refractivity contribution in [2.75, 3.05) is 18.5 Å². The van der Waals surface area contributed by atoms with E-state index >= 15 is 0 Å². The molecule has 1 aliphatic rings. The van der Waals surface area contributed by atoms with Gasteiger partial charge in [0, 0.05) is 12.2 Å². The summed E-state index contributed by atoms with van der Waals surface area (Å²) in [7, 11) is 0. The number of hydrogen-bond donors (Lipinski definition) is 3. The Morgan fingerprint density at radius 2 is 1.77 bits per heavy atom. The van der Waals surface area contributed by atoms with Crippen LogP contribution in [0, 0.1) is 20.8 Å². The number of rotatable bonds is 9. The maximum absolute atomic E-state index is 11.8. The van der Waals surface area contributed by atoms with Gasteiger partial charge in [0.05, 0.1) is 11.9 Å². The molecule has 0 saturated carbocycles. The normalized spacial score (nSPS) is 15.3. The predicted octanol–water partition coefficient (Wildman–Crippen LogP) is 5.16. The molecular formula is C28H30N2O4S. The molecule has 1 aliphatic heterocycles. The maximum Gasteiger partial charge on any atom is 0.286 e. The molecule has 6 nitrogen and oxygen atoms in total. The summed E-state index contributed by atoms with van der Waals surface area (Å²) in [6.45, 7) is 7.21. The summed E-state index contributed by atoms with van der Waals surface area (Å²) < 4.78 is 5.66. The lowest BCUT2D eigenvalue weighted by Crippen LogP contribution is -2.25. The number of carbonyl (C=O) groups is 2. The summed E-state index contributed by atoms with van der Waals surface area (Å²) in [5.74, 6) is 0.591. The van der Waals surface area contributed by atoms with Crippen LogP contribution in [0.3, 0.4) is 0 Å². The molecule has 4 rings (SSSR count). The minimum Gasteiger partial charge on any atom is -0.491 e. The fourth-order valence-corrected chi connectivity index (χ4v) is 5.12. The average Bonchev–Trinajstić information content (AvgIpc) is 3.16. The van der Waals surface area contributed by atoms with E-state index in [4.69, 9.17) is 9.84 Å². The molecule has 3 aromatic rings. The predicted molar refractivity (Wildman–Crippen MR) is 141 cm³/mol. The SMILES string of the molecule is Cc1cc(-c2cccc(CNc3ccc(CC4SC(=O)NC4=O)cc3)c2C)c(C)cc1OCCO. The molecule has 182 valence electrons. The number of aryl methyl sites for hydroxylation is 2. The monoisotopic (exact) mass is 490 g/mol. The number of aliphatic hydroxyl groups is 1. The van der Waals surface area contributed by atoms with Crippen LogP contribution in [0.25, 0.3) is 11.1 Å². The van der Waals surface area contributed by atoms with E-state index in [1.807, 2.05) is 37.3 Å². The third kappa shape index (κ3) is 5.86. The van der Waals surface area contributed by atoms with Crippen molar-refractivity contribution in [3.63, 3.8) is 0 Å². The van der Waals surface area contributed by atoms with Crippen molar-refractivity contribution in [2.24, 2.45) is 0 Å². The Bertz CT molecular complexity index is 1240. The van der Waals surface area contributed by atoms with Gasteiger partial charge in [0.1, 0.15) is 12.4 Å². The number of nitrogens with one attached hydrogen (secondary N) is 2. The Morgan fingerprint density at radius 1 is 1.00 bits per heavy atom. The van der Waals surface area contributed by atoms with E-state index in [0.29, 0.717) is 13.0 Å². The number of anilines is 1. The maximum atomic E-state index is 11.8. The molecule has 1 unspecified atom stereocenters. The molecule has 0 radical (unpaired) electrons. The fourth-order valence-electron chi connectivity index (χ4n) is 4.26. The van der Waals surface area contributed by atoms with Crippen molar-refractivity contribution < 1.29 is 19.4 Å². The number of imide groups is 1. The lowest BCUT2D eigenvalue weighted by molar-refractivity contribution is -0.118. The minimum atomic E-state index is -0.353. The Balaban J connectivity index is 1.45. The molecule has 1 fully saturated rings. The molecule has 3 N–H and O–H groups in total. The molecule has 0 spiro atoms. The van der Waals surface area contributed by atoms with Gasteiger partial charge in [-0.15, -0.1) is 0 Å². The highest BCUT2D eigenvalue weighted by atomic mass is 32.2. The summed E-state index contributed by atoms with van der Waals surface area (Å²) in [6.07, 6.45) is 0.534. The van der Waals surface area contributed by atoms with Crippen molar-refractivity contribution in [3.05, 3.63) is 82.4 Å². The standard InChI is InChI=1S/C28H30N2O4S/c1-17-14-25(34-12-11-31)18(2)13-24(17)23-6-4-5-21(19(23)3)16-29-22-9-7-20(8-10-22)15-26-27(32)30-28(33)35-26/h4-10,13-14,26,29,31H,11-12,15-16H2,1-3H3,(H,30,32,33). The topological polar surface area (TPSA) is 87.7 Å². The lowest BCUT2D eigenvalue weighted by atomic mass is 9.92. The molecular weight excluding hydrogens is 460 g/mol. The van der Waals surface area contributed by atoms with Crippen LogP contribution >= 0.6 is 11.8 Å². The van der Waals surface area contributed by atoms with Crippen LogP contribution in [0.4, 0.5) is 10.5 Å². The van der Waals surface area contributed by atoms with Crippen molar-refractivity contribution in [2.45, 2.75) is 39.0 Å². The zero-order chi connectivity index (χ0) is 24.9. The number of thioether (sulfide) groups is 1. The number of carbonyl (C=O) groups excluding carboxylic acids is 2. The smallest absolute Gasteiger partial charge is 0.286 e. The van der Waals surface area contributed by atoms with Gasteiger partial charge in [-0.2, -0.15) is 0 Å². The summed E-state index contributed by atoms with van der Waals surface area (Å²) in [5, 5.41) is 14.3. The van der Waals surface area contributed by atoms with Crippen LogP contribution in [0.5, 0.6) is 5.75 Å². The zero-order valence-electron chi connectivity index (χ0n) is 20.2. The number of benzene rings is 3. The molecule has 35 heavy (non-hydrogen) atoms. The third-order valence-electron chi connectivity index (χ3n) is 6.23. The quantitative estimate of drug-likeness (QED) is 0.384. The first kappa shape index (κ1) is 24.8. The van der Waals surface area contributed by atoms with E-state index in [-0.39, 0.29) is 29.6 Å². The van der Waals surface area contributed by atoms with Gasteiger partial charge in [0.15, 0.2) is 0 Å². The van der Waals surface area contributed by atoms with Gasteiger partial charge in [-0.25, -0.2) is 0 Å². The summed E-state index contributed by atoms with van der Waals surface area (Å²) in [6, 6.07) is 18.5. The van der Waals surface area contributed by atoms with Crippen molar-refractivity contribution in [1.29, 1.82) is 0 Å². The first-order valence-electron chi connectivity index (χ1n) is 11.6. The minimum absolute atomic E-state index is 0.00509. The molecule has 1 heterocycles. The summed E-state index contributed by atoms with van der Waals surface area (Å²) >= 11 is 1.05. The van der Waals surface area contributed by atoms with Crippen LogP contribution in [-0.4, -0.2) is 34.7 Å². The Hall–Kier alpha value is -3.29. The highest BCUT2D eigenvalue weighted by Crippen LogP contribution is 2.33. The van der Waals surface area contributed by atoms with Crippen LogP contribution in [-0.2, 0) is 17.8 Å².